The highest BCUT2D eigenvalue weighted by molar-refractivity contribution is 7.80. The summed E-state index contributed by atoms with van der Waals surface area (Å²) in [6.45, 7) is 6.15. The maximum absolute atomic E-state index is 5.46. The van der Waals surface area contributed by atoms with Gasteiger partial charge in [-0.05, 0) is 42.3 Å². The van der Waals surface area contributed by atoms with Crippen LogP contribution in [0.5, 0.6) is 0 Å². The first-order valence-corrected chi connectivity index (χ1v) is 7.84. The van der Waals surface area contributed by atoms with Gasteiger partial charge < -0.3 is 17.2 Å². The molecule has 0 saturated carbocycles. The Morgan fingerprint density at radius 1 is 1.21 bits per heavy atom. The van der Waals surface area contributed by atoms with Crippen molar-refractivity contribution < 1.29 is 0 Å². The smallest absolute Gasteiger partial charge is 0.211 e. The Bertz CT molecular complexity index is 836. The zero-order valence-corrected chi connectivity index (χ0v) is 14.7. The Kier molecular flexibility index (Phi) is 5.30. The number of aryl methyl sites for hydroxylation is 1. The summed E-state index contributed by atoms with van der Waals surface area (Å²) in [5.41, 5.74) is 22.9. The molecule has 126 valence electrons. The molecule has 0 aliphatic heterocycles. The average molecular weight is 343 g/mol. The van der Waals surface area contributed by atoms with E-state index in [4.69, 9.17) is 29.4 Å². The SMILES string of the molecule is Cc1cccc2c(N=NC(N)=S)c(C(C)C)cc(NN=C(N)N)c12. The number of azo groups is 1. The van der Waals surface area contributed by atoms with Gasteiger partial charge in [0, 0.05) is 10.8 Å². The van der Waals surface area contributed by atoms with Crippen LogP contribution in [0.25, 0.3) is 10.8 Å². The molecule has 0 bridgehead atoms. The first-order chi connectivity index (χ1) is 11.3. The van der Waals surface area contributed by atoms with Crippen molar-refractivity contribution in [3.8, 4) is 0 Å². The molecule has 0 amide bonds. The van der Waals surface area contributed by atoms with Crippen molar-refractivity contribution in [3.63, 3.8) is 0 Å². The van der Waals surface area contributed by atoms with Crippen LogP contribution in [0, 0.1) is 6.92 Å². The first kappa shape index (κ1) is 17.6. The number of nitrogens with one attached hydrogen (secondary N) is 1. The van der Waals surface area contributed by atoms with Gasteiger partial charge in [0.05, 0.1) is 11.4 Å². The van der Waals surface area contributed by atoms with Crippen LogP contribution in [0.1, 0.15) is 30.9 Å². The molecule has 24 heavy (non-hydrogen) atoms. The molecular weight excluding hydrogens is 322 g/mol. The molecule has 2 rings (SSSR count). The molecule has 0 spiro atoms. The number of nitrogens with two attached hydrogens (primary N) is 3. The molecule has 0 aliphatic rings. The lowest BCUT2D eigenvalue weighted by Crippen LogP contribution is -2.24. The fourth-order valence-electron chi connectivity index (χ4n) is 2.54. The van der Waals surface area contributed by atoms with Crippen LogP contribution in [0.4, 0.5) is 11.4 Å². The van der Waals surface area contributed by atoms with Crippen LogP contribution < -0.4 is 22.6 Å². The summed E-state index contributed by atoms with van der Waals surface area (Å²) in [6.07, 6.45) is 0. The van der Waals surface area contributed by atoms with Gasteiger partial charge in [0.15, 0.2) is 0 Å². The number of benzene rings is 2. The van der Waals surface area contributed by atoms with Crippen molar-refractivity contribution in [1.82, 2.24) is 0 Å². The van der Waals surface area contributed by atoms with Gasteiger partial charge in [-0.15, -0.1) is 15.3 Å². The fraction of sp³-hybridized carbons (Fsp3) is 0.250. The lowest BCUT2D eigenvalue weighted by molar-refractivity contribution is 0.866. The van der Waals surface area contributed by atoms with Gasteiger partial charge >= 0.3 is 0 Å². The maximum Gasteiger partial charge on any atom is 0.211 e. The zero-order chi connectivity index (χ0) is 17.9. The molecule has 0 fully saturated rings. The molecule has 7 nitrogen and oxygen atoms in total. The Labute approximate surface area is 146 Å². The number of hydrogen-bond acceptors (Lipinski definition) is 4. The predicted molar refractivity (Wildman–Crippen MR) is 104 cm³/mol. The molecule has 0 saturated heterocycles. The van der Waals surface area contributed by atoms with E-state index in [2.05, 4.69) is 34.6 Å². The average Bonchev–Trinajstić information content (AvgIpc) is 2.50. The van der Waals surface area contributed by atoms with E-state index < -0.39 is 0 Å². The van der Waals surface area contributed by atoms with Crippen LogP contribution in [0.15, 0.2) is 39.6 Å². The third-order valence-electron chi connectivity index (χ3n) is 3.55. The second kappa shape index (κ2) is 7.22. The van der Waals surface area contributed by atoms with Crippen LogP contribution >= 0.6 is 12.2 Å². The monoisotopic (exact) mass is 343 g/mol. The van der Waals surface area contributed by atoms with E-state index in [0.29, 0.717) is 0 Å². The number of hydrogen-bond donors (Lipinski definition) is 4. The molecule has 0 heterocycles. The van der Waals surface area contributed by atoms with Crippen molar-refractivity contribution >= 4 is 45.4 Å². The van der Waals surface area contributed by atoms with Gasteiger partial charge in [0.2, 0.25) is 11.1 Å². The second-order valence-corrected chi connectivity index (χ2v) is 6.12. The summed E-state index contributed by atoms with van der Waals surface area (Å²) < 4.78 is 0. The number of anilines is 1. The Morgan fingerprint density at radius 2 is 1.92 bits per heavy atom. The third kappa shape index (κ3) is 3.77. The topological polar surface area (TPSA) is 127 Å². The normalized spacial score (nSPS) is 11.2. The number of nitrogens with zero attached hydrogens (tertiary/aromatic N) is 3. The second-order valence-electron chi connectivity index (χ2n) is 5.70. The van der Waals surface area contributed by atoms with Crippen molar-refractivity contribution in [2.24, 2.45) is 32.5 Å². The zero-order valence-electron chi connectivity index (χ0n) is 13.9. The number of rotatable bonds is 4. The highest BCUT2D eigenvalue weighted by Gasteiger charge is 2.16. The van der Waals surface area contributed by atoms with Gasteiger partial charge in [-0.2, -0.15) is 0 Å². The molecule has 0 unspecified atom stereocenters. The quantitative estimate of drug-likeness (QED) is 0.223. The Balaban J connectivity index is 2.83. The van der Waals surface area contributed by atoms with Crippen molar-refractivity contribution in [1.29, 1.82) is 0 Å². The third-order valence-corrected chi connectivity index (χ3v) is 3.63. The molecule has 2 aromatic carbocycles. The van der Waals surface area contributed by atoms with E-state index in [-0.39, 0.29) is 17.0 Å². The van der Waals surface area contributed by atoms with E-state index >= 15 is 0 Å². The molecule has 0 atom stereocenters. The lowest BCUT2D eigenvalue weighted by Gasteiger charge is -2.17. The molecular formula is C16H21N7S. The van der Waals surface area contributed by atoms with Crippen molar-refractivity contribution in [2.45, 2.75) is 26.7 Å². The minimum atomic E-state index is -0.0416. The van der Waals surface area contributed by atoms with Gasteiger partial charge in [-0.25, -0.2) is 0 Å². The lowest BCUT2D eigenvalue weighted by atomic mass is 9.93. The highest BCUT2D eigenvalue weighted by atomic mass is 32.1. The molecule has 8 heteroatoms. The number of guanidine groups is 1. The van der Waals surface area contributed by atoms with Crippen molar-refractivity contribution in [2.75, 3.05) is 5.43 Å². The van der Waals surface area contributed by atoms with Gasteiger partial charge in [0.25, 0.3) is 0 Å². The first-order valence-electron chi connectivity index (χ1n) is 7.43. The Hall–Kier alpha value is -2.74. The van der Waals surface area contributed by atoms with E-state index in [1.807, 2.05) is 31.2 Å². The summed E-state index contributed by atoms with van der Waals surface area (Å²) in [5.74, 6) is 0.162. The van der Waals surface area contributed by atoms with Crippen LogP contribution in [-0.4, -0.2) is 11.1 Å². The standard InChI is InChI=1S/C16H21N7S/c1-8(2)11-7-12(20-22-15(17)18)13-9(3)5-4-6-10(13)14(11)21-23-16(19)24/h4-8,20H,1-3H3,(H2,19,24)(H4,17,18,22). The number of fused-ring (bicyclic) bond motifs is 1. The highest BCUT2D eigenvalue weighted by Crippen LogP contribution is 2.40. The summed E-state index contributed by atoms with van der Waals surface area (Å²) in [4.78, 5) is 0. The minimum absolute atomic E-state index is 0.00628. The minimum Gasteiger partial charge on any atom is -0.373 e. The number of thiocarbonyl (C=S) groups is 1. The van der Waals surface area contributed by atoms with E-state index in [0.717, 1.165) is 33.3 Å². The van der Waals surface area contributed by atoms with Crippen LogP contribution in [0.3, 0.4) is 0 Å². The predicted octanol–water partition coefficient (Wildman–Crippen LogP) is 3.20. The number of hydrazone groups is 1. The van der Waals surface area contributed by atoms with E-state index in [9.17, 15) is 0 Å². The summed E-state index contributed by atoms with van der Waals surface area (Å²) in [5, 5.41) is 13.9. The van der Waals surface area contributed by atoms with E-state index in [1.165, 1.54) is 0 Å². The van der Waals surface area contributed by atoms with Gasteiger partial charge in [-0.3, -0.25) is 5.43 Å². The maximum atomic E-state index is 5.46. The van der Waals surface area contributed by atoms with Gasteiger partial charge in [-0.1, -0.05) is 32.0 Å². The molecule has 0 aromatic heterocycles. The largest absolute Gasteiger partial charge is 0.373 e. The molecule has 2 aromatic rings. The summed E-state index contributed by atoms with van der Waals surface area (Å²) in [7, 11) is 0. The molecule has 0 radical (unpaired) electrons. The van der Waals surface area contributed by atoms with Gasteiger partial charge in [0.1, 0.15) is 0 Å². The molecule has 0 aliphatic carbocycles. The fourth-order valence-corrected chi connectivity index (χ4v) is 2.58. The summed E-state index contributed by atoms with van der Waals surface area (Å²) in [6, 6.07) is 7.92. The Morgan fingerprint density at radius 3 is 2.50 bits per heavy atom. The van der Waals surface area contributed by atoms with Crippen LogP contribution in [-0.2, 0) is 0 Å². The molecule has 7 N–H and O–H groups in total. The van der Waals surface area contributed by atoms with E-state index in [1.54, 1.807) is 0 Å². The van der Waals surface area contributed by atoms with Crippen LogP contribution in [0.2, 0.25) is 0 Å². The summed E-state index contributed by atoms with van der Waals surface area (Å²) >= 11 is 4.81. The van der Waals surface area contributed by atoms with Crippen molar-refractivity contribution in [3.05, 3.63) is 35.4 Å².